The minimum atomic E-state index is -4.67. The number of methoxy groups -OCH3 is 1. The Morgan fingerprint density at radius 2 is 1.86 bits per heavy atom. The third-order valence-corrected chi connectivity index (χ3v) is 2.77. The molecule has 0 saturated heterocycles. The van der Waals surface area contributed by atoms with Gasteiger partial charge in [-0.2, -0.15) is 18.2 Å². The van der Waals surface area contributed by atoms with Crippen LogP contribution >= 0.6 is 0 Å². The Balaban J connectivity index is 2.58. The van der Waals surface area contributed by atoms with E-state index in [9.17, 15) is 17.6 Å². The van der Waals surface area contributed by atoms with Gasteiger partial charge in [0, 0.05) is 13.2 Å². The molecule has 0 atom stereocenters. The standard InChI is InChI=1S/C13H11F4N3O/c1-20(10-6-4-3-5-9(10)14)11-8(13(15,16)17)7-18-12(19-11)21-2/h3-7H,1-2H3. The van der Waals surface area contributed by atoms with Gasteiger partial charge < -0.3 is 9.64 Å². The number of alkyl halides is 3. The first-order valence-electron chi connectivity index (χ1n) is 5.81. The number of para-hydroxylation sites is 1. The zero-order chi connectivity index (χ0) is 15.6. The average Bonchev–Trinajstić information content (AvgIpc) is 2.45. The van der Waals surface area contributed by atoms with E-state index in [1.165, 1.54) is 32.4 Å². The van der Waals surface area contributed by atoms with Crippen molar-refractivity contribution < 1.29 is 22.3 Å². The number of hydrogen-bond donors (Lipinski definition) is 0. The van der Waals surface area contributed by atoms with Crippen molar-refractivity contribution in [1.82, 2.24) is 9.97 Å². The lowest BCUT2D eigenvalue weighted by atomic mass is 10.2. The van der Waals surface area contributed by atoms with E-state index in [4.69, 9.17) is 4.74 Å². The Labute approximate surface area is 118 Å². The van der Waals surface area contributed by atoms with Crippen LogP contribution in [0.1, 0.15) is 5.56 Å². The first-order chi connectivity index (χ1) is 9.84. The SMILES string of the molecule is COc1ncc(C(F)(F)F)c(N(C)c2ccccc2F)n1. The van der Waals surface area contributed by atoms with E-state index >= 15 is 0 Å². The summed E-state index contributed by atoms with van der Waals surface area (Å²) in [6.07, 6.45) is -4.06. The fourth-order valence-electron chi connectivity index (χ4n) is 1.75. The molecule has 0 aliphatic carbocycles. The summed E-state index contributed by atoms with van der Waals surface area (Å²) in [5.74, 6) is -1.15. The van der Waals surface area contributed by atoms with Gasteiger partial charge in [0.1, 0.15) is 11.4 Å². The molecule has 2 rings (SSSR count). The van der Waals surface area contributed by atoms with Crippen molar-refractivity contribution in [1.29, 1.82) is 0 Å². The van der Waals surface area contributed by atoms with Crippen LogP contribution in [-0.2, 0) is 6.18 Å². The van der Waals surface area contributed by atoms with Crippen LogP contribution in [0.5, 0.6) is 6.01 Å². The lowest BCUT2D eigenvalue weighted by Crippen LogP contribution is -2.20. The summed E-state index contributed by atoms with van der Waals surface area (Å²) in [6, 6.07) is 5.22. The molecule has 1 aromatic carbocycles. The van der Waals surface area contributed by atoms with Gasteiger partial charge in [0.05, 0.1) is 12.8 Å². The number of benzene rings is 1. The highest BCUT2D eigenvalue weighted by atomic mass is 19.4. The molecule has 0 aliphatic heterocycles. The Morgan fingerprint density at radius 3 is 2.43 bits per heavy atom. The molecule has 1 aromatic heterocycles. The van der Waals surface area contributed by atoms with Gasteiger partial charge in [-0.3, -0.25) is 0 Å². The normalized spacial score (nSPS) is 11.3. The van der Waals surface area contributed by atoms with E-state index in [1.54, 1.807) is 0 Å². The number of anilines is 2. The summed E-state index contributed by atoms with van der Waals surface area (Å²) >= 11 is 0. The lowest BCUT2D eigenvalue weighted by Gasteiger charge is -2.22. The minimum absolute atomic E-state index is 0.0382. The second kappa shape index (κ2) is 5.55. The summed E-state index contributed by atoms with van der Waals surface area (Å²) in [4.78, 5) is 8.13. The lowest BCUT2D eigenvalue weighted by molar-refractivity contribution is -0.137. The van der Waals surface area contributed by atoms with Gasteiger partial charge in [0.2, 0.25) is 0 Å². The number of nitrogens with zero attached hydrogens (tertiary/aromatic N) is 3. The van der Waals surface area contributed by atoms with Crippen LogP contribution in [0.15, 0.2) is 30.5 Å². The average molecular weight is 301 g/mol. The Morgan fingerprint density at radius 1 is 1.19 bits per heavy atom. The van der Waals surface area contributed by atoms with Gasteiger partial charge in [-0.1, -0.05) is 12.1 Å². The molecule has 0 spiro atoms. The van der Waals surface area contributed by atoms with Crippen molar-refractivity contribution >= 4 is 11.5 Å². The minimum Gasteiger partial charge on any atom is -0.467 e. The van der Waals surface area contributed by atoms with Gasteiger partial charge in [-0.05, 0) is 12.1 Å². The molecule has 1 heterocycles. The van der Waals surface area contributed by atoms with E-state index in [0.29, 0.717) is 6.20 Å². The predicted octanol–water partition coefficient (Wildman–Crippen LogP) is 3.41. The zero-order valence-electron chi connectivity index (χ0n) is 11.1. The Bertz CT molecular complexity index is 646. The first-order valence-corrected chi connectivity index (χ1v) is 5.81. The van der Waals surface area contributed by atoms with E-state index < -0.39 is 23.4 Å². The van der Waals surface area contributed by atoms with Crippen LogP contribution < -0.4 is 9.64 Å². The summed E-state index contributed by atoms with van der Waals surface area (Å²) in [5, 5.41) is 0. The van der Waals surface area contributed by atoms with Crippen molar-refractivity contribution in [3.63, 3.8) is 0 Å². The first kappa shape index (κ1) is 15.0. The zero-order valence-corrected chi connectivity index (χ0v) is 11.1. The highest BCUT2D eigenvalue weighted by Crippen LogP contribution is 2.38. The van der Waals surface area contributed by atoms with E-state index in [0.717, 1.165) is 11.0 Å². The quantitative estimate of drug-likeness (QED) is 0.814. The second-order valence-electron chi connectivity index (χ2n) is 4.10. The molecule has 0 fully saturated rings. The number of halogens is 4. The molecule has 21 heavy (non-hydrogen) atoms. The smallest absolute Gasteiger partial charge is 0.421 e. The molecule has 0 N–H and O–H groups in total. The van der Waals surface area contributed by atoms with Crippen LogP contribution in [0.25, 0.3) is 0 Å². The van der Waals surface area contributed by atoms with Crippen LogP contribution in [0.2, 0.25) is 0 Å². The maximum absolute atomic E-state index is 13.7. The number of ether oxygens (including phenoxy) is 1. The summed E-state index contributed by atoms with van der Waals surface area (Å²) in [7, 11) is 2.52. The van der Waals surface area contributed by atoms with Crippen LogP contribution in [-0.4, -0.2) is 24.1 Å². The molecule has 0 unspecified atom stereocenters. The van der Waals surface area contributed by atoms with Gasteiger partial charge in [0.25, 0.3) is 0 Å². The van der Waals surface area contributed by atoms with Crippen molar-refractivity contribution in [3.05, 3.63) is 41.8 Å². The largest absolute Gasteiger partial charge is 0.467 e. The van der Waals surface area contributed by atoms with E-state index in [1.807, 2.05) is 0 Å². The summed E-state index contributed by atoms with van der Waals surface area (Å²) < 4.78 is 57.5. The van der Waals surface area contributed by atoms with Crippen molar-refractivity contribution in [2.24, 2.45) is 0 Å². The van der Waals surface area contributed by atoms with Gasteiger partial charge in [0.15, 0.2) is 5.82 Å². The Kier molecular flexibility index (Phi) is 3.97. The fraction of sp³-hybridized carbons (Fsp3) is 0.231. The van der Waals surface area contributed by atoms with Gasteiger partial charge in [-0.25, -0.2) is 9.37 Å². The molecule has 112 valence electrons. The number of aromatic nitrogens is 2. The number of hydrogen-bond acceptors (Lipinski definition) is 4. The highest BCUT2D eigenvalue weighted by Gasteiger charge is 2.37. The topological polar surface area (TPSA) is 38.2 Å². The Hall–Kier alpha value is -2.38. The molecule has 0 radical (unpaired) electrons. The molecule has 0 amide bonds. The third kappa shape index (κ3) is 3.04. The monoisotopic (exact) mass is 301 g/mol. The molecule has 8 heteroatoms. The molecule has 0 aliphatic rings. The van der Waals surface area contributed by atoms with Crippen LogP contribution in [0.3, 0.4) is 0 Å². The molecule has 4 nitrogen and oxygen atoms in total. The maximum atomic E-state index is 13.7. The molecule has 0 bridgehead atoms. The van der Waals surface area contributed by atoms with E-state index in [-0.39, 0.29) is 11.7 Å². The van der Waals surface area contributed by atoms with Gasteiger partial charge >= 0.3 is 12.2 Å². The highest BCUT2D eigenvalue weighted by molar-refractivity contribution is 5.63. The maximum Gasteiger partial charge on any atom is 0.421 e. The van der Waals surface area contributed by atoms with E-state index in [2.05, 4.69) is 9.97 Å². The molecule has 2 aromatic rings. The molecule has 0 saturated carbocycles. The van der Waals surface area contributed by atoms with Crippen molar-refractivity contribution in [3.8, 4) is 6.01 Å². The van der Waals surface area contributed by atoms with Gasteiger partial charge in [-0.15, -0.1) is 0 Å². The van der Waals surface area contributed by atoms with Crippen molar-refractivity contribution in [2.45, 2.75) is 6.18 Å². The molecular weight excluding hydrogens is 290 g/mol. The second-order valence-corrected chi connectivity index (χ2v) is 4.10. The fourth-order valence-corrected chi connectivity index (χ4v) is 1.75. The molecular formula is C13H11F4N3O. The number of rotatable bonds is 3. The summed E-state index contributed by atoms with van der Waals surface area (Å²) in [5.41, 5.74) is -1.11. The van der Waals surface area contributed by atoms with Crippen LogP contribution in [0, 0.1) is 5.82 Å². The predicted molar refractivity (Wildman–Crippen MR) is 68.0 cm³/mol. The van der Waals surface area contributed by atoms with Crippen LogP contribution in [0.4, 0.5) is 29.1 Å². The summed E-state index contributed by atoms with van der Waals surface area (Å²) in [6.45, 7) is 0. The van der Waals surface area contributed by atoms with Crippen molar-refractivity contribution in [2.75, 3.05) is 19.1 Å². The third-order valence-electron chi connectivity index (χ3n) is 2.77.